The first-order valence-electron chi connectivity index (χ1n) is 7.85. The second kappa shape index (κ2) is 7.36. The highest BCUT2D eigenvalue weighted by Crippen LogP contribution is 2.36. The molecule has 1 N–H and O–H groups in total. The van der Waals surface area contributed by atoms with E-state index in [9.17, 15) is 0 Å². The normalized spacial score (nSPS) is 11.5. The third-order valence-electron chi connectivity index (χ3n) is 3.71. The molecular weight excluding hydrogens is 392 g/mol. The number of halogens is 1. The number of methoxy groups -OCH3 is 1. The highest BCUT2D eigenvalue weighted by atomic mass is 35.5. The summed E-state index contributed by atoms with van der Waals surface area (Å²) < 4.78 is 7.62. The lowest BCUT2D eigenvalue weighted by atomic mass is 10.2. The molecule has 0 atom stereocenters. The number of para-hydroxylation sites is 1. The minimum absolute atomic E-state index is 0.566. The lowest BCUT2D eigenvalue weighted by Gasteiger charge is -2.06. The van der Waals surface area contributed by atoms with Gasteiger partial charge in [-0.15, -0.1) is 10.2 Å². The van der Waals surface area contributed by atoms with Gasteiger partial charge in [0.25, 0.3) is 0 Å². The van der Waals surface area contributed by atoms with Crippen LogP contribution in [0.2, 0.25) is 5.02 Å². The minimum Gasteiger partial charge on any atom is -0.383 e. The summed E-state index contributed by atoms with van der Waals surface area (Å²) in [7, 11) is 1.67. The molecular formula is C16H15ClN6OS2. The van der Waals surface area contributed by atoms with Gasteiger partial charge in [-0.1, -0.05) is 41.1 Å². The highest BCUT2D eigenvalue weighted by Gasteiger charge is 2.16. The molecule has 3 aromatic heterocycles. The van der Waals surface area contributed by atoms with Crippen LogP contribution >= 0.6 is 34.7 Å². The third kappa shape index (κ3) is 3.23. The maximum absolute atomic E-state index is 6.39. The fraction of sp³-hybridized carbons (Fsp3) is 0.250. The van der Waals surface area contributed by atoms with Gasteiger partial charge in [0.05, 0.1) is 17.8 Å². The molecule has 0 saturated carbocycles. The molecule has 0 radical (unpaired) electrons. The molecule has 0 amide bonds. The lowest BCUT2D eigenvalue weighted by molar-refractivity contribution is 0.211. The van der Waals surface area contributed by atoms with E-state index in [0.29, 0.717) is 23.8 Å². The van der Waals surface area contributed by atoms with Crippen LogP contribution in [0.3, 0.4) is 0 Å². The van der Waals surface area contributed by atoms with Gasteiger partial charge in [0.1, 0.15) is 10.0 Å². The van der Waals surface area contributed by atoms with E-state index < -0.39 is 0 Å². The molecule has 134 valence electrons. The van der Waals surface area contributed by atoms with Gasteiger partial charge < -0.3 is 10.1 Å². The number of rotatable bonds is 6. The van der Waals surface area contributed by atoms with Gasteiger partial charge in [0, 0.05) is 19.0 Å². The number of benzene rings is 1. The van der Waals surface area contributed by atoms with E-state index in [-0.39, 0.29) is 0 Å². The van der Waals surface area contributed by atoms with Crippen molar-refractivity contribution < 1.29 is 4.74 Å². The Kier molecular flexibility index (Phi) is 4.94. The smallest absolute Gasteiger partial charge is 0.206 e. The summed E-state index contributed by atoms with van der Waals surface area (Å²) in [6.07, 6.45) is 0. The van der Waals surface area contributed by atoms with Crippen molar-refractivity contribution >= 4 is 56.4 Å². The molecule has 0 unspecified atom stereocenters. The largest absolute Gasteiger partial charge is 0.383 e. The molecule has 3 heterocycles. The van der Waals surface area contributed by atoms with Crippen LogP contribution in [0, 0.1) is 6.92 Å². The van der Waals surface area contributed by atoms with Gasteiger partial charge in [0.15, 0.2) is 9.99 Å². The first-order valence-corrected chi connectivity index (χ1v) is 9.86. The number of nitrogens with zero attached hydrogens (tertiary/aromatic N) is 5. The number of nitrogens with one attached hydrogen (secondary N) is 1. The molecule has 0 fully saturated rings. The topological polar surface area (TPSA) is 77.2 Å². The van der Waals surface area contributed by atoms with E-state index in [4.69, 9.17) is 21.3 Å². The second-order valence-corrected chi connectivity index (χ2v) is 8.06. The standard InChI is InChI=1S/C16H15ClN6OS2/c1-9-12(17)13-19-14(10-5-3-4-6-11(10)23(13)22-9)25-16-21-20-15(26-16)18-7-8-24-2/h3-6H,7-8H2,1-2H3,(H,18,20). The van der Waals surface area contributed by atoms with Crippen molar-refractivity contribution in [2.24, 2.45) is 0 Å². The Bertz CT molecular complexity index is 1080. The molecule has 0 bridgehead atoms. The van der Waals surface area contributed by atoms with E-state index in [1.54, 1.807) is 11.6 Å². The van der Waals surface area contributed by atoms with Crippen molar-refractivity contribution in [1.29, 1.82) is 0 Å². The van der Waals surface area contributed by atoms with Crippen molar-refractivity contribution in [3.05, 3.63) is 35.0 Å². The van der Waals surface area contributed by atoms with Crippen molar-refractivity contribution in [2.45, 2.75) is 16.3 Å². The summed E-state index contributed by atoms with van der Waals surface area (Å²) in [5, 5.41) is 19.2. The van der Waals surface area contributed by atoms with Crippen molar-refractivity contribution in [1.82, 2.24) is 24.8 Å². The van der Waals surface area contributed by atoms with Crippen LogP contribution in [0.25, 0.3) is 16.6 Å². The van der Waals surface area contributed by atoms with Crippen LogP contribution < -0.4 is 5.32 Å². The fourth-order valence-corrected chi connectivity index (χ4v) is 4.46. The van der Waals surface area contributed by atoms with Crippen LogP contribution in [-0.2, 0) is 4.74 Å². The molecule has 10 heteroatoms. The van der Waals surface area contributed by atoms with Crippen LogP contribution in [0.4, 0.5) is 5.13 Å². The van der Waals surface area contributed by atoms with E-state index >= 15 is 0 Å². The summed E-state index contributed by atoms with van der Waals surface area (Å²) in [4.78, 5) is 4.73. The maximum atomic E-state index is 6.39. The maximum Gasteiger partial charge on any atom is 0.206 e. The molecule has 0 aliphatic heterocycles. The average Bonchev–Trinajstić information content (AvgIpc) is 3.21. The molecule has 0 aliphatic carbocycles. The van der Waals surface area contributed by atoms with Crippen LogP contribution in [-0.4, -0.2) is 45.1 Å². The Hall–Kier alpha value is -1.94. The van der Waals surface area contributed by atoms with Crippen LogP contribution in [0.1, 0.15) is 5.69 Å². The number of ether oxygens (including phenoxy) is 1. The molecule has 4 aromatic rings. The summed E-state index contributed by atoms with van der Waals surface area (Å²) in [6.45, 7) is 3.18. The number of hydrogen-bond donors (Lipinski definition) is 1. The predicted octanol–water partition coefficient (Wildman–Crippen LogP) is 3.91. The number of hydrogen-bond acceptors (Lipinski definition) is 8. The Morgan fingerprint density at radius 1 is 1.31 bits per heavy atom. The first-order chi connectivity index (χ1) is 12.7. The van der Waals surface area contributed by atoms with Crippen molar-refractivity contribution in [3.63, 3.8) is 0 Å². The van der Waals surface area contributed by atoms with Gasteiger partial charge in [-0.3, -0.25) is 0 Å². The van der Waals surface area contributed by atoms with E-state index in [1.165, 1.54) is 23.1 Å². The van der Waals surface area contributed by atoms with Crippen molar-refractivity contribution in [2.75, 3.05) is 25.6 Å². The molecule has 26 heavy (non-hydrogen) atoms. The molecule has 4 rings (SSSR count). The average molecular weight is 407 g/mol. The highest BCUT2D eigenvalue weighted by molar-refractivity contribution is 8.01. The van der Waals surface area contributed by atoms with Crippen LogP contribution in [0.5, 0.6) is 0 Å². The second-order valence-electron chi connectivity index (χ2n) is 5.46. The zero-order valence-electron chi connectivity index (χ0n) is 14.1. The zero-order valence-corrected chi connectivity index (χ0v) is 16.5. The number of aryl methyl sites for hydroxylation is 1. The fourth-order valence-electron chi connectivity index (χ4n) is 2.50. The Balaban J connectivity index is 1.72. The summed E-state index contributed by atoms with van der Waals surface area (Å²) in [5.74, 6) is 0. The Morgan fingerprint density at radius 2 is 2.15 bits per heavy atom. The van der Waals surface area contributed by atoms with Crippen molar-refractivity contribution in [3.8, 4) is 0 Å². The monoisotopic (exact) mass is 406 g/mol. The van der Waals surface area contributed by atoms with Crippen LogP contribution in [0.15, 0.2) is 33.6 Å². The number of anilines is 1. The SMILES string of the molecule is COCCNc1nnc(Sc2nc3c(Cl)c(C)nn3c3ccccc23)s1. The molecule has 0 aliphatic rings. The summed E-state index contributed by atoms with van der Waals surface area (Å²) in [5.41, 5.74) is 2.36. The Labute approximate surface area is 162 Å². The summed E-state index contributed by atoms with van der Waals surface area (Å²) in [6, 6.07) is 7.99. The number of fused-ring (bicyclic) bond motifs is 3. The van der Waals surface area contributed by atoms with Gasteiger partial charge in [-0.05, 0) is 24.8 Å². The molecule has 0 saturated heterocycles. The molecule has 7 nitrogen and oxygen atoms in total. The third-order valence-corrected chi connectivity index (χ3v) is 6.09. The van der Waals surface area contributed by atoms with Gasteiger partial charge >= 0.3 is 0 Å². The lowest BCUT2D eigenvalue weighted by Crippen LogP contribution is -2.06. The van der Waals surface area contributed by atoms with Gasteiger partial charge in [-0.2, -0.15) is 5.10 Å². The van der Waals surface area contributed by atoms with Gasteiger partial charge in [-0.25, -0.2) is 9.50 Å². The van der Waals surface area contributed by atoms with E-state index in [0.717, 1.165) is 31.1 Å². The van der Waals surface area contributed by atoms with E-state index in [2.05, 4.69) is 20.6 Å². The summed E-state index contributed by atoms with van der Waals surface area (Å²) >= 11 is 9.34. The zero-order chi connectivity index (χ0) is 18.1. The first kappa shape index (κ1) is 17.5. The minimum atomic E-state index is 0.566. The molecule has 1 aromatic carbocycles. The predicted molar refractivity (Wildman–Crippen MR) is 105 cm³/mol. The molecule has 0 spiro atoms. The number of aromatic nitrogens is 5. The quantitative estimate of drug-likeness (QED) is 0.384. The van der Waals surface area contributed by atoms with Gasteiger partial charge in [0.2, 0.25) is 5.13 Å². The Morgan fingerprint density at radius 3 is 3.00 bits per heavy atom. The van der Waals surface area contributed by atoms with E-state index in [1.807, 2.05) is 31.2 Å².